The lowest BCUT2D eigenvalue weighted by atomic mass is 10.3. The highest BCUT2D eigenvalue weighted by molar-refractivity contribution is 6.29. The Labute approximate surface area is 99.6 Å². The first-order chi connectivity index (χ1) is 7.70. The molecule has 1 heterocycles. The Bertz CT molecular complexity index is 476. The monoisotopic (exact) mass is 236 g/mol. The molecule has 2 aromatic rings. The van der Waals surface area contributed by atoms with E-state index >= 15 is 0 Å². The van der Waals surface area contributed by atoms with Crippen molar-refractivity contribution in [3.63, 3.8) is 0 Å². The van der Waals surface area contributed by atoms with E-state index in [4.69, 9.17) is 16.3 Å². The minimum absolute atomic E-state index is 0.613. The van der Waals surface area contributed by atoms with E-state index in [0.717, 1.165) is 17.1 Å². The van der Waals surface area contributed by atoms with Crippen LogP contribution in [0.4, 0.5) is 0 Å². The minimum atomic E-state index is 0.613. The summed E-state index contributed by atoms with van der Waals surface area (Å²) < 4.78 is 7.07. The van der Waals surface area contributed by atoms with E-state index < -0.39 is 0 Å². The third-order valence-corrected chi connectivity index (χ3v) is 2.45. The quantitative estimate of drug-likeness (QED) is 0.818. The smallest absolute Gasteiger partial charge is 0.133 e. The number of nitrogens with zero attached hydrogens (tertiary/aromatic N) is 2. The Hall–Kier alpha value is -1.48. The van der Waals surface area contributed by atoms with E-state index in [1.54, 1.807) is 4.68 Å². The molecular formula is C12H13ClN2O. The minimum Gasteiger partial charge on any atom is -0.494 e. The molecule has 1 aromatic heterocycles. The van der Waals surface area contributed by atoms with Crippen LogP contribution in [0.15, 0.2) is 30.3 Å². The van der Waals surface area contributed by atoms with Crippen molar-refractivity contribution >= 4 is 11.6 Å². The van der Waals surface area contributed by atoms with Gasteiger partial charge in [-0.25, -0.2) is 4.68 Å². The molecule has 16 heavy (non-hydrogen) atoms. The van der Waals surface area contributed by atoms with Gasteiger partial charge in [0.2, 0.25) is 0 Å². The van der Waals surface area contributed by atoms with Crippen LogP contribution in [-0.2, 0) is 0 Å². The van der Waals surface area contributed by atoms with Gasteiger partial charge in [-0.2, -0.15) is 5.10 Å². The van der Waals surface area contributed by atoms with E-state index in [-0.39, 0.29) is 0 Å². The van der Waals surface area contributed by atoms with Crippen molar-refractivity contribution in [3.8, 4) is 11.4 Å². The van der Waals surface area contributed by atoms with Crippen molar-refractivity contribution in [1.29, 1.82) is 0 Å². The highest BCUT2D eigenvalue weighted by Gasteiger charge is 2.04. The first-order valence-electron chi connectivity index (χ1n) is 5.16. The van der Waals surface area contributed by atoms with Crippen LogP contribution in [0.5, 0.6) is 5.75 Å². The number of benzene rings is 1. The molecule has 0 saturated carbocycles. The zero-order chi connectivity index (χ0) is 11.5. The van der Waals surface area contributed by atoms with Crippen LogP contribution in [0.2, 0.25) is 5.15 Å². The second-order valence-electron chi connectivity index (χ2n) is 3.45. The lowest BCUT2D eigenvalue weighted by Crippen LogP contribution is -1.97. The SMILES string of the molecule is CCOc1ccc(-n2nc(C)cc2Cl)cc1. The summed E-state index contributed by atoms with van der Waals surface area (Å²) in [6.07, 6.45) is 0. The summed E-state index contributed by atoms with van der Waals surface area (Å²) in [5.74, 6) is 0.853. The standard InChI is InChI=1S/C12H13ClN2O/c1-3-16-11-6-4-10(5-7-11)15-12(13)8-9(2)14-15/h4-8H,3H2,1-2H3. The van der Waals surface area contributed by atoms with Crippen molar-refractivity contribution in [2.24, 2.45) is 0 Å². The first kappa shape index (κ1) is 11.0. The summed E-state index contributed by atoms with van der Waals surface area (Å²) in [4.78, 5) is 0. The predicted molar refractivity (Wildman–Crippen MR) is 64.5 cm³/mol. The van der Waals surface area contributed by atoms with Crippen LogP contribution in [-0.4, -0.2) is 16.4 Å². The molecule has 0 bridgehead atoms. The van der Waals surface area contributed by atoms with Gasteiger partial charge in [0, 0.05) is 0 Å². The fourth-order valence-electron chi connectivity index (χ4n) is 1.50. The Morgan fingerprint density at radius 3 is 2.50 bits per heavy atom. The highest BCUT2D eigenvalue weighted by atomic mass is 35.5. The van der Waals surface area contributed by atoms with Gasteiger partial charge in [0.15, 0.2) is 0 Å². The zero-order valence-electron chi connectivity index (χ0n) is 9.27. The van der Waals surface area contributed by atoms with Crippen LogP contribution in [0.3, 0.4) is 0 Å². The maximum absolute atomic E-state index is 6.05. The van der Waals surface area contributed by atoms with Crippen molar-refractivity contribution < 1.29 is 4.74 Å². The number of ether oxygens (including phenoxy) is 1. The molecule has 0 N–H and O–H groups in total. The topological polar surface area (TPSA) is 27.1 Å². The summed E-state index contributed by atoms with van der Waals surface area (Å²) in [6, 6.07) is 9.52. The number of aromatic nitrogens is 2. The van der Waals surface area contributed by atoms with Gasteiger partial charge in [-0.15, -0.1) is 0 Å². The lowest BCUT2D eigenvalue weighted by molar-refractivity contribution is 0.340. The molecule has 0 aliphatic carbocycles. The second kappa shape index (κ2) is 4.58. The molecular weight excluding hydrogens is 224 g/mol. The molecule has 1 aromatic carbocycles. The molecule has 0 spiro atoms. The average molecular weight is 237 g/mol. The largest absolute Gasteiger partial charge is 0.494 e. The van der Waals surface area contributed by atoms with E-state index in [1.807, 2.05) is 44.2 Å². The van der Waals surface area contributed by atoms with E-state index in [2.05, 4.69) is 5.10 Å². The van der Waals surface area contributed by atoms with Gasteiger partial charge in [0.05, 0.1) is 18.0 Å². The molecule has 84 valence electrons. The summed E-state index contributed by atoms with van der Waals surface area (Å²) in [5.41, 5.74) is 1.83. The average Bonchev–Trinajstić information content (AvgIpc) is 2.59. The molecule has 0 saturated heterocycles. The third-order valence-electron chi connectivity index (χ3n) is 2.18. The molecule has 3 nitrogen and oxygen atoms in total. The van der Waals surface area contributed by atoms with Crippen LogP contribution in [0, 0.1) is 6.92 Å². The van der Waals surface area contributed by atoms with Gasteiger partial charge in [-0.3, -0.25) is 0 Å². The van der Waals surface area contributed by atoms with Gasteiger partial charge in [0.25, 0.3) is 0 Å². The molecule has 0 fully saturated rings. The number of rotatable bonds is 3. The highest BCUT2D eigenvalue weighted by Crippen LogP contribution is 2.19. The maximum atomic E-state index is 6.05. The summed E-state index contributed by atoms with van der Waals surface area (Å²) in [7, 11) is 0. The molecule has 0 radical (unpaired) electrons. The van der Waals surface area contributed by atoms with Crippen LogP contribution in [0.25, 0.3) is 5.69 Å². The van der Waals surface area contributed by atoms with E-state index in [0.29, 0.717) is 11.8 Å². The summed E-state index contributed by atoms with van der Waals surface area (Å²) in [5, 5.41) is 4.91. The first-order valence-corrected chi connectivity index (χ1v) is 5.54. The molecule has 0 aliphatic heterocycles. The van der Waals surface area contributed by atoms with Crippen LogP contribution >= 0.6 is 11.6 Å². The molecule has 0 unspecified atom stereocenters. The van der Waals surface area contributed by atoms with Crippen molar-refractivity contribution in [2.45, 2.75) is 13.8 Å². The molecule has 4 heteroatoms. The van der Waals surface area contributed by atoms with Gasteiger partial charge < -0.3 is 4.74 Å². The number of hydrogen-bond acceptors (Lipinski definition) is 2. The van der Waals surface area contributed by atoms with Gasteiger partial charge in [-0.1, -0.05) is 11.6 Å². The summed E-state index contributed by atoms with van der Waals surface area (Å²) in [6.45, 7) is 4.54. The van der Waals surface area contributed by atoms with Crippen LogP contribution in [0.1, 0.15) is 12.6 Å². The zero-order valence-corrected chi connectivity index (χ0v) is 10.0. The summed E-state index contributed by atoms with van der Waals surface area (Å²) >= 11 is 6.05. The fraction of sp³-hybridized carbons (Fsp3) is 0.250. The normalized spacial score (nSPS) is 10.4. The Kier molecular flexibility index (Phi) is 3.15. The predicted octanol–water partition coefficient (Wildman–Crippen LogP) is 3.23. The Balaban J connectivity index is 2.31. The second-order valence-corrected chi connectivity index (χ2v) is 3.83. The lowest BCUT2D eigenvalue weighted by Gasteiger charge is -2.05. The van der Waals surface area contributed by atoms with Crippen molar-refractivity contribution in [2.75, 3.05) is 6.61 Å². The molecule has 0 amide bonds. The van der Waals surface area contributed by atoms with Gasteiger partial charge in [0.1, 0.15) is 10.9 Å². The van der Waals surface area contributed by atoms with Crippen molar-refractivity contribution in [1.82, 2.24) is 9.78 Å². The van der Waals surface area contributed by atoms with E-state index in [9.17, 15) is 0 Å². The molecule has 0 atom stereocenters. The molecule has 0 aliphatic rings. The number of hydrogen-bond donors (Lipinski definition) is 0. The fourth-order valence-corrected chi connectivity index (χ4v) is 1.79. The molecule has 2 rings (SSSR count). The maximum Gasteiger partial charge on any atom is 0.133 e. The Morgan fingerprint density at radius 2 is 2.00 bits per heavy atom. The third kappa shape index (κ3) is 2.19. The van der Waals surface area contributed by atoms with Crippen molar-refractivity contribution in [3.05, 3.63) is 41.2 Å². The van der Waals surface area contributed by atoms with E-state index in [1.165, 1.54) is 0 Å². The van der Waals surface area contributed by atoms with Gasteiger partial charge in [-0.05, 0) is 44.2 Å². The number of halogens is 1. The Morgan fingerprint density at radius 1 is 1.31 bits per heavy atom. The number of aryl methyl sites for hydroxylation is 1. The van der Waals surface area contributed by atoms with Crippen LogP contribution < -0.4 is 4.74 Å². The van der Waals surface area contributed by atoms with Gasteiger partial charge >= 0.3 is 0 Å².